The zero-order valence-electron chi connectivity index (χ0n) is 15.5. The smallest absolute Gasteiger partial charge is 0.306 e. The summed E-state index contributed by atoms with van der Waals surface area (Å²) in [6.45, 7) is -0.434. The van der Waals surface area contributed by atoms with E-state index in [-0.39, 0.29) is 18.7 Å². The van der Waals surface area contributed by atoms with E-state index >= 15 is 0 Å². The van der Waals surface area contributed by atoms with Gasteiger partial charge < -0.3 is 15.4 Å². The van der Waals surface area contributed by atoms with E-state index in [1.54, 1.807) is 30.3 Å². The average Bonchev–Trinajstić information content (AvgIpc) is 2.71. The van der Waals surface area contributed by atoms with Crippen LogP contribution in [0.15, 0.2) is 66.7 Å². The molecule has 3 aromatic rings. The van der Waals surface area contributed by atoms with Crippen molar-refractivity contribution in [2.45, 2.75) is 12.8 Å². The number of carbonyl (C=O) groups excluding carboxylic acids is 3. The standard InChI is InChI=1S/C22H19ClN2O4/c23-16-7-4-8-17(13-16)24-21(27)14-29-22(28)12-11-20(26)25-19-10-3-6-15-5-1-2-9-18(15)19/h1-10,13H,11-12,14H2,(H,24,27)(H,25,26). The van der Waals surface area contributed by atoms with E-state index in [1.807, 2.05) is 36.4 Å². The highest BCUT2D eigenvalue weighted by Crippen LogP contribution is 2.23. The molecule has 0 unspecified atom stereocenters. The normalized spacial score (nSPS) is 10.4. The van der Waals surface area contributed by atoms with E-state index in [2.05, 4.69) is 10.6 Å². The van der Waals surface area contributed by atoms with Crippen LogP contribution in [0.4, 0.5) is 11.4 Å². The molecule has 2 N–H and O–H groups in total. The van der Waals surface area contributed by atoms with E-state index in [0.29, 0.717) is 16.4 Å². The van der Waals surface area contributed by atoms with Crippen molar-refractivity contribution in [2.75, 3.05) is 17.2 Å². The van der Waals surface area contributed by atoms with Gasteiger partial charge in [0.05, 0.1) is 6.42 Å². The summed E-state index contributed by atoms with van der Waals surface area (Å²) in [6, 6.07) is 19.9. The van der Waals surface area contributed by atoms with Gasteiger partial charge in [-0.1, -0.05) is 54.1 Å². The summed E-state index contributed by atoms with van der Waals surface area (Å²) in [5.41, 5.74) is 1.19. The lowest BCUT2D eigenvalue weighted by atomic mass is 10.1. The minimum atomic E-state index is -0.626. The number of amides is 2. The highest BCUT2D eigenvalue weighted by molar-refractivity contribution is 6.30. The lowest BCUT2D eigenvalue weighted by Gasteiger charge is -2.09. The van der Waals surface area contributed by atoms with Gasteiger partial charge in [-0.05, 0) is 29.7 Å². The van der Waals surface area contributed by atoms with Crippen molar-refractivity contribution in [1.29, 1.82) is 0 Å². The third-order valence-electron chi connectivity index (χ3n) is 4.09. The second-order valence-electron chi connectivity index (χ2n) is 6.29. The number of anilines is 2. The van der Waals surface area contributed by atoms with Gasteiger partial charge in [-0.2, -0.15) is 0 Å². The largest absolute Gasteiger partial charge is 0.456 e. The van der Waals surface area contributed by atoms with Crippen molar-refractivity contribution in [3.63, 3.8) is 0 Å². The molecule has 6 nitrogen and oxygen atoms in total. The number of rotatable bonds is 7. The van der Waals surface area contributed by atoms with Crippen molar-refractivity contribution in [3.05, 3.63) is 71.8 Å². The van der Waals surface area contributed by atoms with Crippen molar-refractivity contribution in [3.8, 4) is 0 Å². The van der Waals surface area contributed by atoms with Crippen LogP contribution in [0.1, 0.15) is 12.8 Å². The van der Waals surface area contributed by atoms with Crippen molar-refractivity contribution >= 4 is 51.5 Å². The lowest BCUT2D eigenvalue weighted by molar-refractivity contribution is -0.147. The number of carbonyl (C=O) groups is 3. The van der Waals surface area contributed by atoms with Crippen LogP contribution in [0.25, 0.3) is 10.8 Å². The molecule has 0 saturated heterocycles. The van der Waals surface area contributed by atoms with E-state index in [1.165, 1.54) is 0 Å². The number of hydrogen-bond acceptors (Lipinski definition) is 4. The Balaban J connectivity index is 1.43. The Bertz CT molecular complexity index is 1050. The van der Waals surface area contributed by atoms with Gasteiger partial charge in [0, 0.05) is 28.2 Å². The van der Waals surface area contributed by atoms with Gasteiger partial charge in [0.2, 0.25) is 5.91 Å². The minimum Gasteiger partial charge on any atom is -0.456 e. The summed E-state index contributed by atoms with van der Waals surface area (Å²) in [5, 5.41) is 7.79. The molecule has 0 spiro atoms. The second kappa shape index (κ2) is 9.71. The maximum absolute atomic E-state index is 12.2. The molecule has 0 saturated carbocycles. The molecule has 0 fully saturated rings. The molecule has 0 aliphatic rings. The van der Waals surface area contributed by atoms with Gasteiger partial charge in [0.25, 0.3) is 5.91 Å². The maximum atomic E-state index is 12.2. The van der Waals surface area contributed by atoms with Crippen LogP contribution in [-0.2, 0) is 19.1 Å². The average molecular weight is 411 g/mol. The van der Waals surface area contributed by atoms with Gasteiger partial charge in [-0.25, -0.2) is 0 Å². The van der Waals surface area contributed by atoms with Gasteiger partial charge >= 0.3 is 5.97 Å². The molecular formula is C22H19ClN2O4. The Hall–Kier alpha value is -3.38. The van der Waals surface area contributed by atoms with Crippen LogP contribution in [0.5, 0.6) is 0 Å². The van der Waals surface area contributed by atoms with Crippen LogP contribution in [0, 0.1) is 0 Å². The molecule has 0 bridgehead atoms. The van der Waals surface area contributed by atoms with Gasteiger partial charge in [0.15, 0.2) is 6.61 Å². The fourth-order valence-corrected chi connectivity index (χ4v) is 2.93. The first-order valence-corrected chi connectivity index (χ1v) is 9.38. The van der Waals surface area contributed by atoms with Crippen LogP contribution in [-0.4, -0.2) is 24.4 Å². The molecule has 3 aromatic carbocycles. The first kappa shape index (κ1) is 20.4. The Kier molecular flexibility index (Phi) is 6.81. The molecule has 0 radical (unpaired) electrons. The zero-order valence-corrected chi connectivity index (χ0v) is 16.2. The summed E-state index contributed by atoms with van der Waals surface area (Å²) >= 11 is 5.84. The molecule has 0 aromatic heterocycles. The number of fused-ring (bicyclic) bond motifs is 1. The molecular weight excluding hydrogens is 392 g/mol. The third kappa shape index (κ3) is 6.05. The predicted octanol–water partition coefficient (Wildman–Crippen LogP) is 4.39. The quantitative estimate of drug-likeness (QED) is 0.565. The zero-order chi connectivity index (χ0) is 20.6. The SMILES string of the molecule is O=C(COC(=O)CCC(=O)Nc1cccc2ccccc12)Nc1cccc(Cl)c1. The predicted molar refractivity (Wildman–Crippen MR) is 113 cm³/mol. The fraction of sp³-hybridized carbons (Fsp3) is 0.136. The number of benzene rings is 3. The summed E-state index contributed by atoms with van der Waals surface area (Å²) in [4.78, 5) is 35.8. The van der Waals surface area contributed by atoms with E-state index in [4.69, 9.17) is 16.3 Å². The highest BCUT2D eigenvalue weighted by Gasteiger charge is 2.12. The summed E-state index contributed by atoms with van der Waals surface area (Å²) in [7, 11) is 0. The third-order valence-corrected chi connectivity index (χ3v) is 4.33. The number of esters is 1. The number of halogens is 1. The Labute approximate surface area is 172 Å². The topological polar surface area (TPSA) is 84.5 Å². The van der Waals surface area contributed by atoms with Crippen LogP contribution < -0.4 is 10.6 Å². The van der Waals surface area contributed by atoms with Crippen molar-refractivity contribution in [2.24, 2.45) is 0 Å². The van der Waals surface area contributed by atoms with Crippen molar-refractivity contribution < 1.29 is 19.1 Å². The summed E-state index contributed by atoms with van der Waals surface area (Å²) in [6.07, 6.45) is -0.168. The van der Waals surface area contributed by atoms with Gasteiger partial charge in [0.1, 0.15) is 0 Å². The summed E-state index contributed by atoms with van der Waals surface area (Å²) < 4.78 is 4.91. The molecule has 3 rings (SSSR count). The van der Waals surface area contributed by atoms with Crippen LogP contribution >= 0.6 is 11.6 Å². The van der Waals surface area contributed by atoms with Crippen LogP contribution in [0.2, 0.25) is 5.02 Å². The fourth-order valence-electron chi connectivity index (χ4n) is 2.74. The van der Waals surface area contributed by atoms with Crippen LogP contribution in [0.3, 0.4) is 0 Å². The van der Waals surface area contributed by atoms with E-state index < -0.39 is 18.5 Å². The Morgan fingerprint density at radius 3 is 2.41 bits per heavy atom. The molecule has 0 atom stereocenters. The Morgan fingerprint density at radius 1 is 0.828 bits per heavy atom. The monoisotopic (exact) mass is 410 g/mol. The molecule has 0 heterocycles. The summed E-state index contributed by atoms with van der Waals surface area (Å²) in [5.74, 6) is -1.41. The molecule has 0 aliphatic heterocycles. The van der Waals surface area contributed by atoms with Crippen molar-refractivity contribution in [1.82, 2.24) is 0 Å². The van der Waals surface area contributed by atoms with Gasteiger partial charge in [-0.15, -0.1) is 0 Å². The molecule has 148 valence electrons. The first-order chi connectivity index (χ1) is 14.0. The number of ether oxygens (including phenoxy) is 1. The number of hydrogen-bond donors (Lipinski definition) is 2. The molecule has 29 heavy (non-hydrogen) atoms. The molecule has 7 heteroatoms. The first-order valence-electron chi connectivity index (χ1n) is 9.00. The lowest BCUT2D eigenvalue weighted by Crippen LogP contribution is -2.21. The second-order valence-corrected chi connectivity index (χ2v) is 6.73. The molecule has 0 aliphatic carbocycles. The van der Waals surface area contributed by atoms with E-state index in [9.17, 15) is 14.4 Å². The highest BCUT2D eigenvalue weighted by atomic mass is 35.5. The minimum absolute atomic E-state index is 0.0437. The van der Waals surface area contributed by atoms with Gasteiger partial charge in [-0.3, -0.25) is 14.4 Å². The molecule has 2 amide bonds. The number of nitrogens with one attached hydrogen (secondary N) is 2. The maximum Gasteiger partial charge on any atom is 0.306 e. The Morgan fingerprint density at radius 2 is 1.59 bits per heavy atom. The van der Waals surface area contributed by atoms with E-state index in [0.717, 1.165) is 10.8 Å².